The molecule has 0 aliphatic rings. The van der Waals surface area contributed by atoms with Crippen molar-refractivity contribution < 1.29 is 9.13 Å². The van der Waals surface area contributed by atoms with Crippen molar-refractivity contribution in [1.29, 1.82) is 0 Å². The maximum absolute atomic E-state index is 13.2. The summed E-state index contributed by atoms with van der Waals surface area (Å²) in [6.45, 7) is 0. The molecule has 0 bridgehead atoms. The van der Waals surface area contributed by atoms with Crippen LogP contribution in [-0.4, -0.2) is 12.9 Å². The number of methoxy groups -OCH3 is 1. The smallest absolute Gasteiger partial charge is 0.143 e. The van der Waals surface area contributed by atoms with Gasteiger partial charge in [0.25, 0.3) is 0 Å². The Bertz CT molecular complexity index is 395. The molecule has 0 aliphatic heterocycles. The lowest BCUT2D eigenvalue weighted by Gasteiger charge is -2.04. The van der Waals surface area contributed by atoms with E-state index in [0.717, 1.165) is 0 Å². The summed E-state index contributed by atoms with van der Waals surface area (Å²) in [6, 6.07) is 2.67. The van der Waals surface area contributed by atoms with Crippen LogP contribution in [0.25, 0.3) is 0 Å². The third kappa shape index (κ3) is 2.33. The molecule has 0 heterocycles. The minimum absolute atomic E-state index is 0.265. The Kier molecular flexibility index (Phi) is 3.66. The number of nitrogens with two attached hydrogens (primary N) is 1. The van der Waals surface area contributed by atoms with Crippen LogP contribution >= 0.6 is 12.6 Å². The van der Waals surface area contributed by atoms with E-state index in [-0.39, 0.29) is 11.3 Å². The highest BCUT2D eigenvalue weighted by Gasteiger charge is 2.05. The average Bonchev–Trinajstić information content (AvgIpc) is 2.17. The molecule has 2 nitrogen and oxygen atoms in total. The monoisotopic (exact) mass is 211 g/mol. The summed E-state index contributed by atoms with van der Waals surface area (Å²) < 4.78 is 18.2. The van der Waals surface area contributed by atoms with E-state index in [2.05, 4.69) is 24.5 Å². The van der Waals surface area contributed by atoms with E-state index in [1.54, 1.807) is 0 Å². The Morgan fingerprint density at radius 2 is 2.29 bits per heavy atom. The molecule has 0 radical (unpaired) electrons. The fourth-order valence-electron chi connectivity index (χ4n) is 0.976. The highest BCUT2D eigenvalue weighted by Crippen LogP contribution is 2.24. The number of hydrogen-bond donors (Lipinski definition) is 2. The molecular weight excluding hydrogens is 201 g/mol. The van der Waals surface area contributed by atoms with Crippen LogP contribution in [0.5, 0.6) is 5.75 Å². The summed E-state index contributed by atoms with van der Waals surface area (Å²) in [7, 11) is 1.47. The van der Waals surface area contributed by atoms with E-state index in [9.17, 15) is 4.39 Å². The molecule has 1 aromatic carbocycles. The first kappa shape index (κ1) is 10.7. The Balaban J connectivity index is 3.17. The van der Waals surface area contributed by atoms with E-state index < -0.39 is 5.82 Å². The highest BCUT2D eigenvalue weighted by atomic mass is 32.1. The van der Waals surface area contributed by atoms with Gasteiger partial charge in [-0.2, -0.15) is 12.6 Å². The molecule has 74 valence electrons. The van der Waals surface area contributed by atoms with E-state index >= 15 is 0 Å². The second-order valence-corrected chi connectivity index (χ2v) is 2.85. The van der Waals surface area contributed by atoms with E-state index in [4.69, 9.17) is 10.5 Å². The van der Waals surface area contributed by atoms with Crippen molar-refractivity contribution in [2.75, 3.05) is 18.6 Å². The predicted octanol–water partition coefficient (Wildman–Crippen LogP) is 1.70. The zero-order valence-electron chi connectivity index (χ0n) is 7.67. The van der Waals surface area contributed by atoms with E-state index in [1.807, 2.05) is 0 Å². The molecule has 4 heteroatoms. The van der Waals surface area contributed by atoms with Gasteiger partial charge < -0.3 is 10.5 Å². The molecule has 0 fully saturated rings. The molecule has 0 saturated carbocycles. The van der Waals surface area contributed by atoms with Gasteiger partial charge in [0, 0.05) is 12.1 Å². The number of benzene rings is 1. The third-order valence-corrected chi connectivity index (χ3v) is 1.78. The van der Waals surface area contributed by atoms with Gasteiger partial charge in [0.2, 0.25) is 0 Å². The summed E-state index contributed by atoms with van der Waals surface area (Å²) in [5, 5.41) is 0. The van der Waals surface area contributed by atoms with Crippen LogP contribution in [0.15, 0.2) is 12.1 Å². The van der Waals surface area contributed by atoms with Gasteiger partial charge in [-0.1, -0.05) is 11.8 Å². The summed E-state index contributed by atoms with van der Waals surface area (Å²) in [5.74, 6) is 5.64. The summed E-state index contributed by atoms with van der Waals surface area (Å²) >= 11 is 3.90. The lowest BCUT2D eigenvalue weighted by atomic mass is 10.2. The number of halogens is 1. The first-order valence-corrected chi connectivity index (χ1v) is 4.55. The largest absolute Gasteiger partial charge is 0.495 e. The normalized spacial score (nSPS) is 9.07. The molecule has 14 heavy (non-hydrogen) atoms. The van der Waals surface area contributed by atoms with Crippen molar-refractivity contribution in [2.45, 2.75) is 0 Å². The van der Waals surface area contributed by atoms with Gasteiger partial charge in [-0.25, -0.2) is 4.39 Å². The molecule has 0 atom stereocenters. The molecule has 0 saturated heterocycles. The Hall–Kier alpha value is -1.34. The maximum Gasteiger partial charge on any atom is 0.143 e. The quantitative estimate of drug-likeness (QED) is 0.421. The van der Waals surface area contributed by atoms with E-state index in [0.29, 0.717) is 11.5 Å². The van der Waals surface area contributed by atoms with Crippen LogP contribution in [0.3, 0.4) is 0 Å². The second kappa shape index (κ2) is 4.77. The summed E-state index contributed by atoms with van der Waals surface area (Å²) in [6.07, 6.45) is 0. The van der Waals surface area contributed by atoms with E-state index in [1.165, 1.54) is 19.2 Å². The molecule has 1 aromatic rings. The minimum atomic E-state index is -0.447. The standard InChI is InChI=1S/C10H10FNOS/c1-13-10-5-7(3-2-4-14)8(11)6-9(10)12/h5-6,14H,4,12H2,1H3. The van der Waals surface area contributed by atoms with Gasteiger partial charge in [-0.15, -0.1) is 0 Å². The molecule has 0 unspecified atom stereocenters. The fourth-order valence-corrected chi connectivity index (χ4v) is 1.06. The van der Waals surface area contributed by atoms with Gasteiger partial charge in [-0.3, -0.25) is 0 Å². The van der Waals surface area contributed by atoms with Crippen LogP contribution in [0.2, 0.25) is 0 Å². The average molecular weight is 211 g/mol. The van der Waals surface area contributed by atoms with Crippen LogP contribution in [0.1, 0.15) is 5.56 Å². The van der Waals surface area contributed by atoms with Crippen molar-refractivity contribution in [2.24, 2.45) is 0 Å². The predicted molar refractivity (Wildman–Crippen MR) is 58.1 cm³/mol. The number of hydrogen-bond acceptors (Lipinski definition) is 3. The molecule has 0 spiro atoms. The zero-order chi connectivity index (χ0) is 10.6. The lowest BCUT2D eigenvalue weighted by molar-refractivity contribution is 0.416. The molecule has 1 rings (SSSR count). The topological polar surface area (TPSA) is 35.2 Å². The molecule has 0 aliphatic carbocycles. The van der Waals surface area contributed by atoms with Crippen LogP contribution < -0.4 is 10.5 Å². The van der Waals surface area contributed by atoms with Crippen molar-refractivity contribution in [3.05, 3.63) is 23.5 Å². The van der Waals surface area contributed by atoms with Crippen LogP contribution in [0.4, 0.5) is 10.1 Å². The molecule has 2 N–H and O–H groups in total. The molecule has 0 amide bonds. The molecular formula is C10H10FNOS. The van der Waals surface area contributed by atoms with Crippen LogP contribution in [0, 0.1) is 17.7 Å². The van der Waals surface area contributed by atoms with Crippen molar-refractivity contribution in [1.82, 2.24) is 0 Å². The maximum atomic E-state index is 13.2. The lowest BCUT2D eigenvalue weighted by Crippen LogP contribution is -1.95. The first-order chi connectivity index (χ1) is 6.69. The van der Waals surface area contributed by atoms with Gasteiger partial charge in [0.1, 0.15) is 11.6 Å². The molecule has 0 aromatic heterocycles. The summed E-state index contributed by atoms with van der Waals surface area (Å²) in [4.78, 5) is 0. The fraction of sp³-hybridized carbons (Fsp3) is 0.200. The SMILES string of the molecule is COc1cc(C#CCS)c(F)cc1N. The first-order valence-electron chi connectivity index (χ1n) is 3.91. The highest BCUT2D eigenvalue weighted by molar-refractivity contribution is 7.80. The Morgan fingerprint density at radius 1 is 1.57 bits per heavy atom. The second-order valence-electron chi connectivity index (χ2n) is 2.53. The van der Waals surface area contributed by atoms with Gasteiger partial charge in [0.05, 0.1) is 24.1 Å². The Morgan fingerprint density at radius 3 is 2.86 bits per heavy atom. The minimum Gasteiger partial charge on any atom is -0.495 e. The van der Waals surface area contributed by atoms with Gasteiger partial charge >= 0.3 is 0 Å². The van der Waals surface area contributed by atoms with Crippen molar-refractivity contribution in [3.8, 4) is 17.6 Å². The number of thiol groups is 1. The number of rotatable bonds is 1. The zero-order valence-corrected chi connectivity index (χ0v) is 8.57. The van der Waals surface area contributed by atoms with Crippen molar-refractivity contribution in [3.63, 3.8) is 0 Å². The van der Waals surface area contributed by atoms with Crippen molar-refractivity contribution >= 4 is 18.3 Å². The number of ether oxygens (including phenoxy) is 1. The Labute approximate surface area is 87.7 Å². The summed E-state index contributed by atoms with van der Waals surface area (Å²) in [5.41, 5.74) is 6.03. The third-order valence-electron chi connectivity index (χ3n) is 1.62. The van der Waals surface area contributed by atoms with Gasteiger partial charge in [0.15, 0.2) is 0 Å². The van der Waals surface area contributed by atoms with Crippen LogP contribution in [-0.2, 0) is 0 Å². The number of nitrogen functional groups attached to an aromatic ring is 1. The van der Waals surface area contributed by atoms with Gasteiger partial charge in [-0.05, 0) is 0 Å². The number of anilines is 1.